The SMILES string of the molecule is O=C(NCCN1C(=O)S/C(=C\c2ccc3c(c2)OCO3)C1=O)c1ccc2c(c1)CCC2. The maximum Gasteiger partial charge on any atom is 0.293 e. The number of amides is 3. The van der Waals surface area contributed by atoms with Gasteiger partial charge in [0.05, 0.1) is 4.91 Å². The van der Waals surface area contributed by atoms with E-state index in [4.69, 9.17) is 9.47 Å². The second-order valence-corrected chi connectivity index (χ2v) is 8.53. The van der Waals surface area contributed by atoms with Gasteiger partial charge in [-0.05, 0) is 78.1 Å². The van der Waals surface area contributed by atoms with Crippen LogP contribution in [0.3, 0.4) is 0 Å². The summed E-state index contributed by atoms with van der Waals surface area (Å²) in [5, 5.41) is 2.46. The van der Waals surface area contributed by atoms with Crippen molar-refractivity contribution in [3.05, 3.63) is 63.6 Å². The largest absolute Gasteiger partial charge is 0.454 e. The summed E-state index contributed by atoms with van der Waals surface area (Å²) >= 11 is 0.892. The summed E-state index contributed by atoms with van der Waals surface area (Å²) in [6, 6.07) is 11.1. The zero-order valence-electron chi connectivity index (χ0n) is 16.7. The Morgan fingerprint density at radius 2 is 1.90 bits per heavy atom. The second-order valence-electron chi connectivity index (χ2n) is 7.54. The second kappa shape index (κ2) is 8.11. The van der Waals surface area contributed by atoms with E-state index in [9.17, 15) is 14.4 Å². The Bertz CT molecular complexity index is 1130. The van der Waals surface area contributed by atoms with Crippen molar-refractivity contribution in [3.63, 3.8) is 0 Å². The maximum atomic E-state index is 12.7. The molecule has 2 aromatic rings. The number of nitrogens with zero attached hydrogens (tertiary/aromatic N) is 1. The van der Waals surface area contributed by atoms with Gasteiger partial charge in [-0.15, -0.1) is 0 Å². The summed E-state index contributed by atoms with van der Waals surface area (Å²) in [6.45, 7) is 0.498. The third kappa shape index (κ3) is 3.90. The highest BCUT2D eigenvalue weighted by Gasteiger charge is 2.34. The standard InChI is InChI=1S/C23H20N2O5S/c26-21(17-6-5-15-2-1-3-16(15)12-17)24-8-9-25-22(27)20(31-23(25)28)11-14-4-7-18-19(10-14)30-13-29-18/h4-7,10-12H,1-3,8-9,13H2,(H,24,26)/b20-11-. The zero-order chi connectivity index (χ0) is 21.4. The van der Waals surface area contributed by atoms with Gasteiger partial charge in [0.2, 0.25) is 6.79 Å². The van der Waals surface area contributed by atoms with Crippen molar-refractivity contribution < 1.29 is 23.9 Å². The minimum Gasteiger partial charge on any atom is -0.454 e. The van der Waals surface area contributed by atoms with Crippen molar-refractivity contribution in [2.24, 2.45) is 0 Å². The van der Waals surface area contributed by atoms with Crippen LogP contribution in [-0.4, -0.2) is 41.8 Å². The first-order valence-electron chi connectivity index (χ1n) is 10.1. The van der Waals surface area contributed by atoms with Crippen LogP contribution in [0.4, 0.5) is 4.79 Å². The number of carbonyl (C=O) groups is 3. The average molecular weight is 436 g/mol. The number of rotatable bonds is 5. The Morgan fingerprint density at radius 3 is 2.81 bits per heavy atom. The van der Waals surface area contributed by atoms with E-state index in [1.165, 1.54) is 11.1 Å². The molecule has 0 spiro atoms. The van der Waals surface area contributed by atoms with Crippen LogP contribution in [0.15, 0.2) is 41.3 Å². The van der Waals surface area contributed by atoms with Crippen molar-refractivity contribution in [1.82, 2.24) is 10.2 Å². The Kier molecular flexibility index (Phi) is 5.15. The highest BCUT2D eigenvalue weighted by molar-refractivity contribution is 8.18. The number of nitrogens with one attached hydrogen (secondary N) is 1. The molecule has 7 nitrogen and oxygen atoms in total. The first-order valence-corrected chi connectivity index (χ1v) is 11.0. The summed E-state index contributed by atoms with van der Waals surface area (Å²) in [5.74, 6) is 0.712. The Balaban J connectivity index is 1.20. The van der Waals surface area contributed by atoms with E-state index >= 15 is 0 Å². The molecule has 1 aliphatic carbocycles. The Morgan fingerprint density at radius 1 is 1.06 bits per heavy atom. The molecule has 3 aliphatic rings. The predicted molar refractivity (Wildman–Crippen MR) is 116 cm³/mol. The summed E-state index contributed by atoms with van der Waals surface area (Å²) in [7, 11) is 0. The van der Waals surface area contributed by atoms with Crippen LogP contribution < -0.4 is 14.8 Å². The Labute approximate surface area is 183 Å². The molecule has 0 aromatic heterocycles. The first-order chi connectivity index (χ1) is 15.1. The molecule has 0 unspecified atom stereocenters. The number of thioether (sulfide) groups is 1. The van der Waals surface area contributed by atoms with Crippen molar-refractivity contribution in [2.75, 3.05) is 19.9 Å². The molecule has 8 heteroatoms. The highest BCUT2D eigenvalue weighted by atomic mass is 32.2. The number of hydrogen-bond acceptors (Lipinski definition) is 6. The molecule has 1 N–H and O–H groups in total. The molecule has 1 fully saturated rings. The first kappa shape index (κ1) is 19.7. The lowest BCUT2D eigenvalue weighted by Gasteiger charge is -2.13. The predicted octanol–water partition coefficient (Wildman–Crippen LogP) is 3.37. The lowest BCUT2D eigenvalue weighted by atomic mass is 10.1. The minimum absolute atomic E-state index is 0.125. The van der Waals surface area contributed by atoms with Gasteiger partial charge < -0.3 is 14.8 Å². The summed E-state index contributed by atoms with van der Waals surface area (Å²) < 4.78 is 10.6. The van der Waals surface area contributed by atoms with Crippen LogP contribution in [0.25, 0.3) is 6.08 Å². The average Bonchev–Trinajstić information content (AvgIpc) is 3.48. The van der Waals surface area contributed by atoms with Crippen LogP contribution in [0, 0.1) is 0 Å². The quantitative estimate of drug-likeness (QED) is 0.724. The van der Waals surface area contributed by atoms with Crippen LogP contribution in [-0.2, 0) is 17.6 Å². The number of benzene rings is 2. The molecule has 0 bridgehead atoms. The smallest absolute Gasteiger partial charge is 0.293 e. The molecule has 1 saturated heterocycles. The van der Waals surface area contributed by atoms with Gasteiger partial charge in [-0.25, -0.2) is 0 Å². The monoisotopic (exact) mass is 436 g/mol. The lowest BCUT2D eigenvalue weighted by molar-refractivity contribution is -0.122. The van der Waals surface area contributed by atoms with Gasteiger partial charge in [-0.3, -0.25) is 19.3 Å². The van der Waals surface area contributed by atoms with E-state index in [0.29, 0.717) is 22.0 Å². The number of carbonyl (C=O) groups excluding carboxylic acids is 3. The molecule has 31 heavy (non-hydrogen) atoms. The molecule has 0 saturated carbocycles. The number of fused-ring (bicyclic) bond motifs is 2. The fraction of sp³-hybridized carbons (Fsp3) is 0.261. The third-order valence-corrected chi connectivity index (χ3v) is 6.46. The highest BCUT2D eigenvalue weighted by Crippen LogP contribution is 2.36. The normalized spacial score (nSPS) is 18.1. The van der Waals surface area contributed by atoms with E-state index in [-0.39, 0.29) is 36.9 Å². The third-order valence-electron chi connectivity index (χ3n) is 5.55. The zero-order valence-corrected chi connectivity index (χ0v) is 17.5. The van der Waals surface area contributed by atoms with E-state index in [0.717, 1.165) is 41.5 Å². The summed E-state index contributed by atoms with van der Waals surface area (Å²) in [6.07, 6.45) is 4.86. The van der Waals surface area contributed by atoms with Gasteiger partial charge in [-0.1, -0.05) is 12.1 Å². The molecule has 5 rings (SSSR count). The molecule has 0 atom stereocenters. The summed E-state index contributed by atoms with van der Waals surface area (Å²) in [4.78, 5) is 38.9. The molecule has 2 aliphatic heterocycles. The number of imide groups is 1. The number of ether oxygens (including phenoxy) is 2. The number of aryl methyl sites for hydroxylation is 2. The van der Waals surface area contributed by atoms with Crippen LogP contribution in [0.5, 0.6) is 11.5 Å². The lowest BCUT2D eigenvalue weighted by Crippen LogP contribution is -2.37. The van der Waals surface area contributed by atoms with Crippen molar-refractivity contribution in [1.29, 1.82) is 0 Å². The molecular weight excluding hydrogens is 416 g/mol. The Hall–Kier alpha value is -3.26. The molecule has 2 heterocycles. The molecule has 3 amide bonds. The van der Waals surface area contributed by atoms with E-state index in [2.05, 4.69) is 5.32 Å². The van der Waals surface area contributed by atoms with Crippen LogP contribution >= 0.6 is 11.8 Å². The van der Waals surface area contributed by atoms with Crippen LogP contribution in [0.2, 0.25) is 0 Å². The van der Waals surface area contributed by atoms with Gasteiger partial charge >= 0.3 is 0 Å². The van der Waals surface area contributed by atoms with Gasteiger partial charge in [0, 0.05) is 18.7 Å². The molecular formula is C23H20N2O5S. The van der Waals surface area contributed by atoms with Crippen molar-refractivity contribution in [3.8, 4) is 11.5 Å². The fourth-order valence-corrected chi connectivity index (χ4v) is 4.81. The van der Waals surface area contributed by atoms with Gasteiger partial charge in [0.25, 0.3) is 17.1 Å². The minimum atomic E-state index is -0.362. The molecule has 2 aromatic carbocycles. The van der Waals surface area contributed by atoms with Gasteiger partial charge in [-0.2, -0.15) is 0 Å². The maximum absolute atomic E-state index is 12.7. The van der Waals surface area contributed by atoms with E-state index in [1.54, 1.807) is 24.3 Å². The fourth-order valence-electron chi connectivity index (χ4n) is 3.94. The van der Waals surface area contributed by atoms with E-state index in [1.807, 2.05) is 18.2 Å². The van der Waals surface area contributed by atoms with Crippen LogP contribution in [0.1, 0.15) is 33.5 Å². The van der Waals surface area contributed by atoms with E-state index < -0.39 is 0 Å². The van der Waals surface area contributed by atoms with Gasteiger partial charge in [0.15, 0.2) is 11.5 Å². The van der Waals surface area contributed by atoms with Crippen molar-refractivity contribution >= 4 is 34.9 Å². The number of hydrogen-bond donors (Lipinski definition) is 1. The van der Waals surface area contributed by atoms with Gasteiger partial charge in [0.1, 0.15) is 0 Å². The van der Waals surface area contributed by atoms with Crippen molar-refractivity contribution in [2.45, 2.75) is 19.3 Å². The molecule has 0 radical (unpaired) electrons. The summed E-state index contributed by atoms with van der Waals surface area (Å²) in [5.41, 5.74) is 3.90. The topological polar surface area (TPSA) is 84.9 Å². The molecule has 158 valence electrons.